The first kappa shape index (κ1) is 12.5. The molecule has 0 aliphatic carbocycles. The molecule has 1 heterocycles. The zero-order chi connectivity index (χ0) is 12.0. The summed E-state index contributed by atoms with van der Waals surface area (Å²) >= 11 is 0. The van der Waals surface area contributed by atoms with Crippen molar-refractivity contribution in [2.75, 3.05) is 26.2 Å². The van der Waals surface area contributed by atoms with Crippen LogP contribution in [-0.2, 0) is 14.3 Å². The summed E-state index contributed by atoms with van der Waals surface area (Å²) in [5.41, 5.74) is 0. The van der Waals surface area contributed by atoms with Gasteiger partial charge < -0.3 is 15.0 Å². The molecule has 0 spiro atoms. The normalized spacial score (nSPS) is 20.0. The van der Waals surface area contributed by atoms with Crippen LogP contribution in [0.3, 0.4) is 0 Å². The number of nitrogens with one attached hydrogen (secondary N) is 1. The average molecular weight is 225 g/mol. The van der Waals surface area contributed by atoms with Gasteiger partial charge in [0, 0.05) is 13.1 Å². The van der Waals surface area contributed by atoms with Crippen molar-refractivity contribution >= 4 is 11.8 Å². The molecule has 1 atom stereocenters. The molecule has 1 rings (SSSR count). The first-order chi connectivity index (χ1) is 7.69. The number of nitrogens with zero attached hydrogens (tertiary/aromatic N) is 2. The lowest BCUT2D eigenvalue weighted by molar-refractivity contribution is -0.150. The van der Waals surface area contributed by atoms with Crippen molar-refractivity contribution in [3.05, 3.63) is 0 Å². The second-order valence-corrected chi connectivity index (χ2v) is 3.49. The highest BCUT2D eigenvalue weighted by Crippen LogP contribution is 2.08. The minimum Gasteiger partial charge on any atom is -0.375 e. The molecular formula is C10H15N3O3. The highest BCUT2D eigenvalue weighted by atomic mass is 16.5. The highest BCUT2D eigenvalue weighted by molar-refractivity contribution is 6.35. The van der Waals surface area contributed by atoms with Crippen molar-refractivity contribution in [3.8, 4) is 6.07 Å². The molecule has 1 aliphatic heterocycles. The van der Waals surface area contributed by atoms with Crippen LogP contribution in [0.25, 0.3) is 0 Å². The molecule has 0 aromatic heterocycles. The molecule has 1 unspecified atom stereocenters. The molecule has 0 aromatic carbocycles. The lowest BCUT2D eigenvalue weighted by Gasteiger charge is -2.31. The van der Waals surface area contributed by atoms with Gasteiger partial charge in [-0.2, -0.15) is 5.26 Å². The summed E-state index contributed by atoms with van der Waals surface area (Å²) < 4.78 is 5.39. The van der Waals surface area contributed by atoms with E-state index in [1.807, 2.05) is 6.92 Å². The first-order valence-corrected chi connectivity index (χ1v) is 5.24. The van der Waals surface area contributed by atoms with E-state index >= 15 is 0 Å². The number of rotatable bonds is 2. The van der Waals surface area contributed by atoms with E-state index in [9.17, 15) is 9.59 Å². The van der Waals surface area contributed by atoms with Gasteiger partial charge in [-0.05, 0) is 6.42 Å². The molecule has 1 fully saturated rings. The molecular weight excluding hydrogens is 210 g/mol. The fourth-order valence-electron chi connectivity index (χ4n) is 1.49. The third-order valence-electron chi connectivity index (χ3n) is 2.40. The number of carbonyl (C=O) groups is 2. The topological polar surface area (TPSA) is 82.4 Å². The molecule has 88 valence electrons. The summed E-state index contributed by atoms with van der Waals surface area (Å²) in [6, 6.07) is 1.75. The Hall–Kier alpha value is -1.61. The van der Waals surface area contributed by atoms with Gasteiger partial charge in [-0.25, -0.2) is 0 Å². The van der Waals surface area contributed by atoms with Gasteiger partial charge in [0.15, 0.2) is 0 Å². The largest absolute Gasteiger partial charge is 0.375 e. The Morgan fingerprint density at radius 3 is 3.00 bits per heavy atom. The summed E-state index contributed by atoms with van der Waals surface area (Å²) in [5.74, 6) is -1.31. The second kappa shape index (κ2) is 6.08. The van der Waals surface area contributed by atoms with Crippen molar-refractivity contribution in [3.63, 3.8) is 0 Å². The van der Waals surface area contributed by atoms with E-state index in [2.05, 4.69) is 5.32 Å². The monoisotopic (exact) mass is 225 g/mol. The van der Waals surface area contributed by atoms with Crippen LogP contribution >= 0.6 is 0 Å². The summed E-state index contributed by atoms with van der Waals surface area (Å²) in [7, 11) is 0. The number of amides is 2. The van der Waals surface area contributed by atoms with Crippen LogP contribution in [0, 0.1) is 11.3 Å². The molecule has 0 bridgehead atoms. The molecule has 16 heavy (non-hydrogen) atoms. The quantitative estimate of drug-likeness (QED) is 0.496. The van der Waals surface area contributed by atoms with Crippen molar-refractivity contribution in [1.82, 2.24) is 10.2 Å². The summed E-state index contributed by atoms with van der Waals surface area (Å²) in [6.45, 7) is 3.14. The average Bonchev–Trinajstić information content (AvgIpc) is 2.35. The third kappa shape index (κ3) is 3.21. The van der Waals surface area contributed by atoms with E-state index in [1.165, 1.54) is 4.90 Å². The SMILES string of the molecule is CCC1CN(C(=O)C(=O)NCC#N)CCO1. The molecule has 6 heteroatoms. The molecule has 2 amide bonds. The fourth-order valence-corrected chi connectivity index (χ4v) is 1.49. The summed E-state index contributed by atoms with van der Waals surface area (Å²) in [6.07, 6.45) is 0.810. The van der Waals surface area contributed by atoms with Gasteiger partial charge in [0.25, 0.3) is 0 Å². The fraction of sp³-hybridized carbons (Fsp3) is 0.700. The van der Waals surface area contributed by atoms with E-state index in [0.717, 1.165) is 6.42 Å². The van der Waals surface area contributed by atoms with E-state index in [-0.39, 0.29) is 12.6 Å². The lowest BCUT2D eigenvalue weighted by Crippen LogP contribution is -2.50. The maximum atomic E-state index is 11.6. The van der Waals surface area contributed by atoms with Gasteiger partial charge in [-0.3, -0.25) is 9.59 Å². The van der Waals surface area contributed by atoms with Gasteiger partial charge in [0.1, 0.15) is 6.54 Å². The Morgan fingerprint density at radius 2 is 2.38 bits per heavy atom. The number of ether oxygens (including phenoxy) is 1. The highest BCUT2D eigenvalue weighted by Gasteiger charge is 2.27. The van der Waals surface area contributed by atoms with Crippen LogP contribution < -0.4 is 5.32 Å². The van der Waals surface area contributed by atoms with Gasteiger partial charge in [0.2, 0.25) is 0 Å². The van der Waals surface area contributed by atoms with E-state index in [1.54, 1.807) is 6.07 Å². The van der Waals surface area contributed by atoms with Gasteiger partial charge in [0.05, 0.1) is 18.8 Å². The third-order valence-corrected chi connectivity index (χ3v) is 2.40. The van der Waals surface area contributed by atoms with Crippen molar-refractivity contribution in [1.29, 1.82) is 5.26 Å². The van der Waals surface area contributed by atoms with E-state index < -0.39 is 11.8 Å². The molecule has 0 radical (unpaired) electrons. The molecule has 6 nitrogen and oxygen atoms in total. The molecule has 1 aliphatic rings. The predicted octanol–water partition coefficient (Wildman–Crippen LogP) is -0.736. The Labute approximate surface area is 94.2 Å². The zero-order valence-electron chi connectivity index (χ0n) is 9.23. The Kier molecular flexibility index (Phi) is 4.73. The number of carbonyl (C=O) groups excluding carboxylic acids is 2. The van der Waals surface area contributed by atoms with Crippen LogP contribution in [0.4, 0.5) is 0 Å². The second-order valence-electron chi connectivity index (χ2n) is 3.49. The molecule has 0 saturated carbocycles. The van der Waals surface area contributed by atoms with Crippen molar-refractivity contribution in [2.45, 2.75) is 19.4 Å². The Morgan fingerprint density at radius 1 is 1.62 bits per heavy atom. The maximum absolute atomic E-state index is 11.6. The van der Waals surface area contributed by atoms with E-state index in [4.69, 9.17) is 10.00 Å². The summed E-state index contributed by atoms with van der Waals surface area (Å²) in [4.78, 5) is 24.4. The van der Waals surface area contributed by atoms with Crippen LogP contribution in [0.15, 0.2) is 0 Å². The standard InChI is InChI=1S/C10H15N3O3/c1-2-8-7-13(5-6-16-8)10(15)9(14)12-4-3-11/h8H,2,4-7H2,1H3,(H,12,14). The summed E-state index contributed by atoms with van der Waals surface area (Å²) in [5, 5.41) is 10.5. The van der Waals surface area contributed by atoms with Crippen molar-refractivity contribution in [2.24, 2.45) is 0 Å². The zero-order valence-corrected chi connectivity index (χ0v) is 9.23. The molecule has 1 N–H and O–H groups in total. The predicted molar refractivity (Wildman–Crippen MR) is 55.2 cm³/mol. The van der Waals surface area contributed by atoms with Crippen LogP contribution in [0.5, 0.6) is 0 Å². The minimum absolute atomic E-state index is 0.00136. The smallest absolute Gasteiger partial charge is 0.312 e. The van der Waals surface area contributed by atoms with Crippen LogP contribution in [-0.4, -0.2) is 49.1 Å². The lowest BCUT2D eigenvalue weighted by atomic mass is 10.2. The van der Waals surface area contributed by atoms with Crippen LogP contribution in [0.1, 0.15) is 13.3 Å². The Balaban J connectivity index is 2.47. The number of hydrogen-bond acceptors (Lipinski definition) is 4. The molecule has 0 aromatic rings. The van der Waals surface area contributed by atoms with E-state index in [0.29, 0.717) is 19.7 Å². The number of hydrogen-bond donors (Lipinski definition) is 1. The maximum Gasteiger partial charge on any atom is 0.312 e. The first-order valence-electron chi connectivity index (χ1n) is 5.24. The van der Waals surface area contributed by atoms with Crippen molar-refractivity contribution < 1.29 is 14.3 Å². The van der Waals surface area contributed by atoms with Gasteiger partial charge in [-0.1, -0.05) is 6.92 Å². The van der Waals surface area contributed by atoms with Gasteiger partial charge >= 0.3 is 11.8 Å². The minimum atomic E-state index is -0.724. The van der Waals surface area contributed by atoms with Crippen LogP contribution in [0.2, 0.25) is 0 Å². The number of nitriles is 1. The molecule has 1 saturated heterocycles. The van der Waals surface area contributed by atoms with Gasteiger partial charge in [-0.15, -0.1) is 0 Å². The number of morpholine rings is 1. The Bertz CT molecular complexity index is 311.